The Balaban J connectivity index is 2.44. The van der Waals surface area contributed by atoms with Crippen LogP contribution in [0.4, 0.5) is 0 Å². The third-order valence-corrected chi connectivity index (χ3v) is 3.13. The Bertz CT molecular complexity index is 408. The highest BCUT2D eigenvalue weighted by Gasteiger charge is 2.38. The normalized spacial score (nSPS) is 21.9. The molecule has 2 amide bonds. The molecule has 1 rings (SSSR count). The summed E-state index contributed by atoms with van der Waals surface area (Å²) in [5.41, 5.74) is -1.01. The molecule has 0 aromatic heterocycles. The van der Waals surface area contributed by atoms with Crippen LogP contribution < -0.4 is 10.6 Å². The van der Waals surface area contributed by atoms with Crippen LogP contribution in [0.15, 0.2) is 0 Å². The fourth-order valence-electron chi connectivity index (χ4n) is 2.24. The number of nitrogens with one attached hydrogen (secondary N) is 2. The SMILES string of the molecule is CC(C)(C)CC(=O)NCC(=O)NC1(CC(=O)O)CCOC1. The molecule has 0 radical (unpaired) electrons. The van der Waals surface area contributed by atoms with Crippen molar-refractivity contribution >= 4 is 17.8 Å². The van der Waals surface area contributed by atoms with E-state index in [0.29, 0.717) is 19.4 Å². The third-order valence-electron chi connectivity index (χ3n) is 3.13. The number of amides is 2. The molecule has 120 valence electrons. The predicted octanol–water partition coefficient (Wildman–Crippen LogP) is 0.289. The van der Waals surface area contributed by atoms with Crippen LogP contribution >= 0.6 is 0 Å². The topological polar surface area (TPSA) is 105 Å². The maximum Gasteiger partial charge on any atom is 0.305 e. The summed E-state index contributed by atoms with van der Waals surface area (Å²) in [6.45, 7) is 6.25. The summed E-state index contributed by atoms with van der Waals surface area (Å²) in [4.78, 5) is 34.4. The second-order valence-electron chi connectivity index (χ2n) is 6.72. The van der Waals surface area contributed by atoms with E-state index in [1.165, 1.54) is 0 Å². The van der Waals surface area contributed by atoms with E-state index in [-0.39, 0.29) is 30.9 Å². The first-order valence-electron chi connectivity index (χ1n) is 6.99. The van der Waals surface area contributed by atoms with Gasteiger partial charge in [0.1, 0.15) is 0 Å². The first-order valence-corrected chi connectivity index (χ1v) is 6.99. The zero-order chi connectivity index (χ0) is 16.1. The van der Waals surface area contributed by atoms with Gasteiger partial charge >= 0.3 is 5.97 Å². The van der Waals surface area contributed by atoms with Crippen molar-refractivity contribution in [3.8, 4) is 0 Å². The minimum absolute atomic E-state index is 0.148. The Hall–Kier alpha value is -1.63. The Morgan fingerprint density at radius 2 is 1.90 bits per heavy atom. The second-order valence-corrected chi connectivity index (χ2v) is 6.72. The van der Waals surface area contributed by atoms with Crippen LogP contribution in [-0.4, -0.2) is 48.2 Å². The number of carboxylic acids is 1. The molecular weight excluding hydrogens is 276 g/mol. The number of ether oxygens (including phenoxy) is 1. The van der Waals surface area contributed by atoms with Crippen LogP contribution in [0.25, 0.3) is 0 Å². The van der Waals surface area contributed by atoms with Crippen molar-refractivity contribution < 1.29 is 24.2 Å². The largest absolute Gasteiger partial charge is 0.481 e. The molecule has 1 atom stereocenters. The lowest BCUT2D eigenvalue weighted by Crippen LogP contribution is -2.53. The van der Waals surface area contributed by atoms with Crippen LogP contribution in [0.2, 0.25) is 0 Å². The molecule has 3 N–H and O–H groups in total. The highest BCUT2D eigenvalue weighted by atomic mass is 16.5. The van der Waals surface area contributed by atoms with Gasteiger partial charge in [-0.1, -0.05) is 20.8 Å². The van der Waals surface area contributed by atoms with Gasteiger partial charge in [0.25, 0.3) is 0 Å². The molecule has 7 nitrogen and oxygen atoms in total. The lowest BCUT2D eigenvalue weighted by Gasteiger charge is -2.27. The van der Waals surface area contributed by atoms with Gasteiger partial charge in [0.2, 0.25) is 11.8 Å². The van der Waals surface area contributed by atoms with E-state index in [2.05, 4.69) is 10.6 Å². The van der Waals surface area contributed by atoms with Crippen molar-refractivity contribution in [2.24, 2.45) is 5.41 Å². The number of carbonyl (C=O) groups is 3. The van der Waals surface area contributed by atoms with Crippen molar-refractivity contribution in [3.63, 3.8) is 0 Å². The van der Waals surface area contributed by atoms with Crippen LogP contribution in [0.3, 0.4) is 0 Å². The van der Waals surface area contributed by atoms with E-state index < -0.39 is 17.4 Å². The first kappa shape index (κ1) is 17.4. The maximum absolute atomic E-state index is 11.9. The van der Waals surface area contributed by atoms with Crippen LogP contribution in [0.1, 0.15) is 40.0 Å². The highest BCUT2D eigenvalue weighted by Crippen LogP contribution is 2.22. The molecule has 1 unspecified atom stereocenters. The number of carbonyl (C=O) groups excluding carboxylic acids is 2. The van der Waals surface area contributed by atoms with Crippen molar-refractivity contribution in [1.29, 1.82) is 0 Å². The fraction of sp³-hybridized carbons (Fsp3) is 0.786. The summed E-state index contributed by atoms with van der Waals surface area (Å²) in [5, 5.41) is 14.1. The molecule has 7 heteroatoms. The van der Waals surface area contributed by atoms with Crippen molar-refractivity contribution in [2.45, 2.75) is 45.6 Å². The number of rotatable bonds is 6. The Morgan fingerprint density at radius 1 is 1.24 bits per heavy atom. The van der Waals surface area contributed by atoms with E-state index >= 15 is 0 Å². The zero-order valence-corrected chi connectivity index (χ0v) is 12.8. The summed E-state index contributed by atoms with van der Waals surface area (Å²) in [7, 11) is 0. The van der Waals surface area contributed by atoms with Gasteiger partial charge in [-0.05, 0) is 11.8 Å². The lowest BCUT2D eigenvalue weighted by molar-refractivity contribution is -0.139. The van der Waals surface area contributed by atoms with Gasteiger partial charge in [-0.15, -0.1) is 0 Å². The van der Waals surface area contributed by atoms with Gasteiger partial charge in [0.15, 0.2) is 0 Å². The third kappa shape index (κ3) is 6.57. The quantitative estimate of drug-likeness (QED) is 0.654. The summed E-state index contributed by atoms with van der Waals surface area (Å²) in [6, 6.07) is 0. The molecule has 0 aromatic rings. The van der Waals surface area contributed by atoms with E-state index in [9.17, 15) is 14.4 Å². The fourth-order valence-corrected chi connectivity index (χ4v) is 2.24. The minimum atomic E-state index is -0.988. The zero-order valence-electron chi connectivity index (χ0n) is 12.8. The van der Waals surface area contributed by atoms with Crippen molar-refractivity contribution in [1.82, 2.24) is 10.6 Å². The van der Waals surface area contributed by atoms with E-state index in [1.54, 1.807) is 0 Å². The molecule has 1 aliphatic heterocycles. The molecule has 0 aliphatic carbocycles. The number of hydrogen-bond donors (Lipinski definition) is 3. The standard InChI is InChI=1S/C14H24N2O5/c1-13(2,3)6-10(17)15-8-11(18)16-14(7-12(19)20)4-5-21-9-14/h4-9H2,1-3H3,(H,15,17)(H,16,18)(H,19,20). The average molecular weight is 300 g/mol. The molecule has 21 heavy (non-hydrogen) atoms. The van der Waals surface area contributed by atoms with Gasteiger partial charge in [-0.2, -0.15) is 0 Å². The second kappa shape index (κ2) is 6.89. The van der Waals surface area contributed by atoms with Gasteiger partial charge in [-0.25, -0.2) is 0 Å². The smallest absolute Gasteiger partial charge is 0.305 e. The molecule has 1 fully saturated rings. The number of carboxylic acid groups (broad SMARTS) is 1. The van der Waals surface area contributed by atoms with Crippen LogP contribution in [0.5, 0.6) is 0 Å². The minimum Gasteiger partial charge on any atom is -0.481 e. The lowest BCUT2D eigenvalue weighted by atomic mass is 9.92. The summed E-state index contributed by atoms with van der Waals surface area (Å²) in [6.07, 6.45) is 0.597. The molecule has 0 saturated carbocycles. The molecule has 1 heterocycles. The van der Waals surface area contributed by atoms with Gasteiger partial charge in [0.05, 0.1) is 25.1 Å². The Kier molecular flexibility index (Phi) is 5.71. The van der Waals surface area contributed by atoms with E-state index in [0.717, 1.165) is 0 Å². The highest BCUT2D eigenvalue weighted by molar-refractivity contribution is 5.85. The molecule has 1 aliphatic rings. The molecule has 0 spiro atoms. The molecule has 1 saturated heterocycles. The number of aliphatic carboxylic acids is 1. The average Bonchev–Trinajstić information content (AvgIpc) is 2.71. The van der Waals surface area contributed by atoms with Crippen molar-refractivity contribution in [3.05, 3.63) is 0 Å². The first-order chi connectivity index (χ1) is 9.62. The van der Waals surface area contributed by atoms with E-state index in [1.807, 2.05) is 20.8 Å². The van der Waals surface area contributed by atoms with E-state index in [4.69, 9.17) is 9.84 Å². The molecule has 0 bridgehead atoms. The molecular formula is C14H24N2O5. The Labute approximate surface area is 124 Å². The van der Waals surface area contributed by atoms with Gasteiger partial charge in [-0.3, -0.25) is 14.4 Å². The van der Waals surface area contributed by atoms with Crippen molar-refractivity contribution in [2.75, 3.05) is 19.8 Å². The van der Waals surface area contributed by atoms with Gasteiger partial charge in [0, 0.05) is 13.0 Å². The van der Waals surface area contributed by atoms with Crippen LogP contribution in [0, 0.1) is 5.41 Å². The number of hydrogen-bond acceptors (Lipinski definition) is 4. The summed E-state index contributed by atoms with van der Waals surface area (Å²) >= 11 is 0. The summed E-state index contributed by atoms with van der Waals surface area (Å²) < 4.78 is 5.19. The Morgan fingerprint density at radius 3 is 2.38 bits per heavy atom. The van der Waals surface area contributed by atoms with Crippen LogP contribution in [-0.2, 0) is 19.1 Å². The predicted molar refractivity (Wildman–Crippen MR) is 75.6 cm³/mol. The van der Waals surface area contributed by atoms with Gasteiger partial charge < -0.3 is 20.5 Å². The monoisotopic (exact) mass is 300 g/mol. The molecule has 0 aromatic carbocycles. The summed E-state index contributed by atoms with van der Waals surface area (Å²) in [5.74, 6) is -1.59. The maximum atomic E-state index is 11.9.